The largest absolute Gasteiger partial charge is 0.497 e. The van der Waals surface area contributed by atoms with Crippen molar-refractivity contribution in [3.63, 3.8) is 0 Å². The molecular weight excluding hydrogens is 344 g/mol. The number of hydrogen-bond acceptors (Lipinski definition) is 2. The van der Waals surface area contributed by atoms with Gasteiger partial charge in [0.1, 0.15) is 11.6 Å². The zero-order valence-corrected chi connectivity index (χ0v) is 17.0. The zero-order valence-electron chi connectivity index (χ0n) is 17.0. The minimum Gasteiger partial charge on any atom is -0.497 e. The number of hydrogen-bond donors (Lipinski definition) is 0. The van der Waals surface area contributed by atoms with Crippen LogP contribution in [0.5, 0.6) is 5.75 Å². The van der Waals surface area contributed by atoms with E-state index in [1.54, 1.807) is 7.11 Å². The topological polar surface area (TPSA) is 27.1 Å². The van der Waals surface area contributed by atoms with Gasteiger partial charge in [0.15, 0.2) is 0 Å². The van der Waals surface area contributed by atoms with Crippen LogP contribution in [-0.2, 0) is 6.54 Å². The molecule has 0 aliphatic rings. The first-order valence-electron chi connectivity index (χ1n) is 10.2. The molecule has 3 heteroatoms. The second kappa shape index (κ2) is 8.05. The fraction of sp³-hybridized carbons (Fsp3) is 0.320. The van der Waals surface area contributed by atoms with Crippen molar-refractivity contribution in [1.29, 1.82) is 0 Å². The highest BCUT2D eigenvalue weighted by molar-refractivity contribution is 5.85. The maximum absolute atomic E-state index is 5.35. The first-order chi connectivity index (χ1) is 13.7. The predicted octanol–water partition coefficient (Wildman–Crippen LogP) is 6.54. The molecule has 0 radical (unpaired) electrons. The number of rotatable bonds is 7. The van der Waals surface area contributed by atoms with E-state index in [1.165, 1.54) is 41.1 Å². The van der Waals surface area contributed by atoms with Gasteiger partial charge in [-0.1, -0.05) is 63.1 Å². The Labute approximate surface area is 167 Å². The number of nitrogens with zero attached hydrogens (tertiary/aromatic N) is 2. The summed E-state index contributed by atoms with van der Waals surface area (Å²) in [7, 11) is 1.71. The molecule has 0 saturated carbocycles. The molecule has 4 rings (SSSR count). The smallest absolute Gasteiger partial charge is 0.119 e. The molecular formula is C25H28N2O. The van der Waals surface area contributed by atoms with Crippen molar-refractivity contribution in [3.05, 3.63) is 72.1 Å². The van der Waals surface area contributed by atoms with E-state index in [2.05, 4.69) is 73.0 Å². The van der Waals surface area contributed by atoms with Crippen molar-refractivity contribution in [2.75, 3.05) is 7.11 Å². The van der Waals surface area contributed by atoms with Crippen LogP contribution in [0, 0.1) is 0 Å². The summed E-state index contributed by atoms with van der Waals surface area (Å²) in [5.74, 6) is 2.29. The van der Waals surface area contributed by atoms with Crippen molar-refractivity contribution in [2.24, 2.45) is 0 Å². The molecule has 0 amide bonds. The number of fused-ring (bicyclic) bond motifs is 2. The van der Waals surface area contributed by atoms with Gasteiger partial charge < -0.3 is 9.30 Å². The third-order valence-electron chi connectivity index (χ3n) is 5.63. The van der Waals surface area contributed by atoms with E-state index in [-0.39, 0.29) is 5.92 Å². The van der Waals surface area contributed by atoms with Crippen LogP contribution in [0.15, 0.2) is 60.7 Å². The van der Waals surface area contributed by atoms with Crippen LogP contribution < -0.4 is 4.74 Å². The highest BCUT2D eigenvalue weighted by Gasteiger charge is 2.18. The molecule has 0 aliphatic carbocycles. The van der Waals surface area contributed by atoms with Crippen LogP contribution in [0.4, 0.5) is 0 Å². The summed E-state index contributed by atoms with van der Waals surface area (Å²) in [6.45, 7) is 5.54. The fourth-order valence-electron chi connectivity index (χ4n) is 3.97. The monoisotopic (exact) mass is 372 g/mol. The quantitative estimate of drug-likeness (QED) is 0.344. The van der Waals surface area contributed by atoms with Crippen molar-refractivity contribution >= 4 is 21.8 Å². The molecule has 1 unspecified atom stereocenters. The van der Waals surface area contributed by atoms with Gasteiger partial charge in [-0.05, 0) is 47.0 Å². The number of aryl methyl sites for hydroxylation is 1. The SMILES string of the molecule is CCCCCn1c(C(C)c2ccc3cc(OC)ccc3c2)nc2ccccc21. The van der Waals surface area contributed by atoms with E-state index in [9.17, 15) is 0 Å². The lowest BCUT2D eigenvalue weighted by molar-refractivity contribution is 0.415. The minimum absolute atomic E-state index is 0.237. The van der Waals surface area contributed by atoms with Gasteiger partial charge in [-0.15, -0.1) is 0 Å². The number of unbranched alkanes of at least 4 members (excludes halogenated alkanes) is 2. The van der Waals surface area contributed by atoms with Gasteiger partial charge in [0.25, 0.3) is 0 Å². The second-order valence-electron chi connectivity index (χ2n) is 7.51. The number of benzene rings is 3. The lowest BCUT2D eigenvalue weighted by Crippen LogP contribution is -2.08. The van der Waals surface area contributed by atoms with Crippen LogP contribution in [0.3, 0.4) is 0 Å². The van der Waals surface area contributed by atoms with Crippen LogP contribution in [0.2, 0.25) is 0 Å². The molecule has 0 bridgehead atoms. The van der Waals surface area contributed by atoms with E-state index >= 15 is 0 Å². The molecule has 0 spiro atoms. The maximum atomic E-state index is 5.35. The van der Waals surface area contributed by atoms with Gasteiger partial charge in [0.05, 0.1) is 18.1 Å². The summed E-state index contributed by atoms with van der Waals surface area (Å²) in [6.07, 6.45) is 3.66. The van der Waals surface area contributed by atoms with Gasteiger partial charge in [-0.25, -0.2) is 4.98 Å². The normalized spacial score (nSPS) is 12.5. The Balaban J connectivity index is 1.74. The van der Waals surface area contributed by atoms with E-state index < -0.39 is 0 Å². The molecule has 144 valence electrons. The Kier molecular flexibility index (Phi) is 5.34. The number of imidazole rings is 1. The third kappa shape index (κ3) is 3.49. The zero-order chi connectivity index (χ0) is 19.5. The summed E-state index contributed by atoms with van der Waals surface area (Å²) in [5, 5.41) is 2.44. The van der Waals surface area contributed by atoms with Crippen molar-refractivity contribution in [2.45, 2.75) is 45.6 Å². The molecule has 0 N–H and O–H groups in total. The number of methoxy groups -OCH3 is 1. The predicted molar refractivity (Wildman–Crippen MR) is 117 cm³/mol. The number of aromatic nitrogens is 2. The van der Waals surface area contributed by atoms with Gasteiger partial charge in [0.2, 0.25) is 0 Å². The van der Waals surface area contributed by atoms with Crippen LogP contribution in [0.1, 0.15) is 50.4 Å². The van der Waals surface area contributed by atoms with Crippen molar-refractivity contribution in [3.8, 4) is 5.75 Å². The first-order valence-corrected chi connectivity index (χ1v) is 10.2. The van der Waals surface area contributed by atoms with Crippen molar-refractivity contribution in [1.82, 2.24) is 9.55 Å². The van der Waals surface area contributed by atoms with Crippen LogP contribution in [-0.4, -0.2) is 16.7 Å². The average molecular weight is 373 g/mol. The standard InChI is InChI=1S/C25H28N2O/c1-4-5-8-15-27-24-10-7-6-9-23(24)26-25(27)18(2)19-11-12-21-17-22(28-3)14-13-20(21)16-19/h6-7,9-14,16-18H,4-5,8,15H2,1-3H3. The Morgan fingerprint density at radius 3 is 2.57 bits per heavy atom. The fourth-order valence-corrected chi connectivity index (χ4v) is 3.97. The maximum Gasteiger partial charge on any atom is 0.119 e. The molecule has 1 aromatic heterocycles. The molecule has 0 aliphatic heterocycles. The number of para-hydroxylation sites is 2. The van der Waals surface area contributed by atoms with Gasteiger partial charge >= 0.3 is 0 Å². The Bertz CT molecular complexity index is 1100. The number of ether oxygens (including phenoxy) is 1. The highest BCUT2D eigenvalue weighted by atomic mass is 16.5. The van der Waals surface area contributed by atoms with Crippen molar-refractivity contribution < 1.29 is 4.74 Å². The molecule has 3 nitrogen and oxygen atoms in total. The van der Waals surface area contributed by atoms with E-state index in [0.717, 1.165) is 23.6 Å². The summed E-state index contributed by atoms with van der Waals surface area (Å²) in [6, 6.07) is 21.4. The third-order valence-corrected chi connectivity index (χ3v) is 5.63. The molecule has 0 saturated heterocycles. The van der Waals surface area contributed by atoms with Gasteiger partial charge in [-0.3, -0.25) is 0 Å². The van der Waals surface area contributed by atoms with Gasteiger partial charge in [0, 0.05) is 12.5 Å². The second-order valence-corrected chi connectivity index (χ2v) is 7.51. The Hall–Kier alpha value is -2.81. The molecule has 1 heterocycles. The van der Waals surface area contributed by atoms with Gasteiger partial charge in [-0.2, -0.15) is 0 Å². The average Bonchev–Trinajstić information content (AvgIpc) is 3.11. The summed E-state index contributed by atoms with van der Waals surface area (Å²) in [4.78, 5) is 5.02. The molecule has 4 aromatic rings. The van der Waals surface area contributed by atoms with Crippen LogP contribution >= 0.6 is 0 Å². The highest BCUT2D eigenvalue weighted by Crippen LogP contribution is 2.30. The first kappa shape index (κ1) is 18.5. The lowest BCUT2D eigenvalue weighted by Gasteiger charge is -2.16. The summed E-state index contributed by atoms with van der Waals surface area (Å²) in [5.41, 5.74) is 3.63. The van der Waals surface area contributed by atoms with E-state index in [1.807, 2.05) is 6.07 Å². The Morgan fingerprint density at radius 2 is 1.75 bits per heavy atom. The van der Waals surface area contributed by atoms with E-state index in [0.29, 0.717) is 0 Å². The molecule has 0 fully saturated rings. The van der Waals surface area contributed by atoms with Crippen LogP contribution in [0.25, 0.3) is 21.8 Å². The molecule has 28 heavy (non-hydrogen) atoms. The summed E-state index contributed by atoms with van der Waals surface area (Å²) >= 11 is 0. The van der Waals surface area contributed by atoms with E-state index in [4.69, 9.17) is 9.72 Å². The molecule has 1 atom stereocenters. The lowest BCUT2D eigenvalue weighted by atomic mass is 9.97. The Morgan fingerprint density at radius 1 is 0.964 bits per heavy atom. The summed E-state index contributed by atoms with van der Waals surface area (Å²) < 4.78 is 7.78. The molecule has 3 aromatic carbocycles. The minimum atomic E-state index is 0.237.